The molecule has 1 aliphatic rings. The molecule has 1 N–H and O–H groups in total. The Balaban J connectivity index is 2.67. The first-order valence-electron chi connectivity index (χ1n) is 6.89. The predicted molar refractivity (Wildman–Crippen MR) is 71.8 cm³/mol. The van der Waals surface area contributed by atoms with Gasteiger partial charge in [0.05, 0.1) is 6.07 Å². The van der Waals surface area contributed by atoms with Crippen molar-refractivity contribution >= 4 is 5.91 Å². The van der Waals surface area contributed by atoms with Crippen LogP contribution in [0.4, 0.5) is 0 Å². The van der Waals surface area contributed by atoms with Crippen LogP contribution in [0, 0.1) is 22.7 Å². The van der Waals surface area contributed by atoms with Gasteiger partial charge in [0, 0.05) is 12.6 Å². The molecule has 0 spiro atoms. The number of nitrogens with one attached hydrogen (secondary N) is 1. The zero-order valence-electron chi connectivity index (χ0n) is 12.0. The Hall–Kier alpha value is -1.08. The number of rotatable bonds is 4. The molecule has 0 aromatic rings. The lowest BCUT2D eigenvalue weighted by Crippen LogP contribution is -2.52. The number of likely N-dealkylation sites (tertiary alicyclic amines) is 1. The van der Waals surface area contributed by atoms with Crippen molar-refractivity contribution < 1.29 is 4.79 Å². The highest BCUT2D eigenvalue weighted by Crippen LogP contribution is 2.26. The van der Waals surface area contributed by atoms with Crippen LogP contribution < -0.4 is 5.32 Å². The smallest absolute Gasteiger partial charge is 0.240 e. The maximum Gasteiger partial charge on any atom is 0.240 e. The molecule has 102 valence electrons. The third kappa shape index (κ3) is 3.02. The normalized spacial score (nSPS) is 25.5. The van der Waals surface area contributed by atoms with Crippen LogP contribution in [0.2, 0.25) is 0 Å². The number of piperidine rings is 1. The van der Waals surface area contributed by atoms with Gasteiger partial charge in [0.25, 0.3) is 0 Å². The van der Waals surface area contributed by atoms with Gasteiger partial charge < -0.3 is 10.2 Å². The molecule has 0 saturated carbocycles. The van der Waals surface area contributed by atoms with E-state index in [0.29, 0.717) is 18.8 Å². The van der Waals surface area contributed by atoms with Crippen molar-refractivity contribution in [1.82, 2.24) is 10.2 Å². The van der Waals surface area contributed by atoms with E-state index in [4.69, 9.17) is 0 Å². The Morgan fingerprint density at radius 3 is 2.56 bits per heavy atom. The Bertz CT molecular complexity index is 330. The molecule has 0 aliphatic carbocycles. The topological polar surface area (TPSA) is 56.1 Å². The molecule has 1 rings (SSSR count). The average molecular weight is 251 g/mol. The number of nitrogens with zero attached hydrogens (tertiary/aromatic N) is 2. The molecule has 1 fully saturated rings. The highest BCUT2D eigenvalue weighted by atomic mass is 16.2. The number of amides is 1. The maximum absolute atomic E-state index is 12.3. The predicted octanol–water partition coefficient (Wildman–Crippen LogP) is 1.77. The maximum atomic E-state index is 12.3. The second kappa shape index (κ2) is 6.19. The van der Waals surface area contributed by atoms with E-state index < -0.39 is 5.41 Å². The summed E-state index contributed by atoms with van der Waals surface area (Å²) in [6.07, 6.45) is 2.12. The average Bonchev–Trinajstić information content (AvgIpc) is 2.36. The molecule has 1 aliphatic heterocycles. The van der Waals surface area contributed by atoms with Gasteiger partial charge in [-0.2, -0.15) is 5.26 Å². The Kier molecular flexibility index (Phi) is 5.15. The summed E-state index contributed by atoms with van der Waals surface area (Å²) in [5.74, 6) is 0.356. The molecule has 4 nitrogen and oxygen atoms in total. The summed E-state index contributed by atoms with van der Waals surface area (Å²) in [4.78, 5) is 14.6. The Labute approximate surface area is 110 Å². The monoisotopic (exact) mass is 251 g/mol. The van der Waals surface area contributed by atoms with Gasteiger partial charge in [-0.1, -0.05) is 20.8 Å². The molecular weight excluding hydrogens is 226 g/mol. The lowest BCUT2D eigenvalue weighted by atomic mass is 9.82. The van der Waals surface area contributed by atoms with Crippen molar-refractivity contribution in [1.29, 1.82) is 5.26 Å². The van der Waals surface area contributed by atoms with Gasteiger partial charge in [-0.3, -0.25) is 4.79 Å². The highest BCUT2D eigenvalue weighted by Gasteiger charge is 2.37. The van der Waals surface area contributed by atoms with E-state index >= 15 is 0 Å². The van der Waals surface area contributed by atoms with Crippen LogP contribution >= 0.6 is 0 Å². The third-order valence-corrected chi connectivity index (χ3v) is 4.28. The van der Waals surface area contributed by atoms with Crippen molar-refractivity contribution in [3.05, 3.63) is 0 Å². The minimum absolute atomic E-state index is 0.0867. The van der Waals surface area contributed by atoms with E-state index in [9.17, 15) is 10.1 Å². The second-order valence-corrected chi connectivity index (χ2v) is 5.51. The zero-order valence-corrected chi connectivity index (χ0v) is 12.0. The number of hydrogen-bond acceptors (Lipinski definition) is 3. The van der Waals surface area contributed by atoms with Crippen LogP contribution in [-0.2, 0) is 4.79 Å². The minimum Gasteiger partial charge on any atom is -0.352 e. The molecule has 1 amide bonds. The highest BCUT2D eigenvalue weighted by molar-refractivity contribution is 5.85. The van der Waals surface area contributed by atoms with Crippen LogP contribution in [0.25, 0.3) is 0 Å². The van der Waals surface area contributed by atoms with E-state index in [-0.39, 0.29) is 11.9 Å². The molecular formula is C14H25N3O. The van der Waals surface area contributed by atoms with Gasteiger partial charge in [-0.25, -0.2) is 0 Å². The largest absolute Gasteiger partial charge is 0.352 e. The van der Waals surface area contributed by atoms with E-state index in [1.807, 2.05) is 13.8 Å². The summed E-state index contributed by atoms with van der Waals surface area (Å²) in [7, 11) is 2.10. The summed E-state index contributed by atoms with van der Waals surface area (Å²) in [5.41, 5.74) is -0.844. The van der Waals surface area contributed by atoms with Gasteiger partial charge in [-0.05, 0) is 38.8 Å². The van der Waals surface area contributed by atoms with Crippen molar-refractivity contribution in [2.24, 2.45) is 11.3 Å². The van der Waals surface area contributed by atoms with Crippen molar-refractivity contribution in [3.63, 3.8) is 0 Å². The second-order valence-electron chi connectivity index (χ2n) is 5.51. The lowest BCUT2D eigenvalue weighted by Gasteiger charge is -2.36. The summed E-state index contributed by atoms with van der Waals surface area (Å²) in [5, 5.41) is 12.4. The Morgan fingerprint density at radius 2 is 2.11 bits per heavy atom. The number of carbonyl (C=O) groups is 1. The van der Waals surface area contributed by atoms with Crippen LogP contribution in [0.15, 0.2) is 0 Å². The number of carbonyl (C=O) groups excluding carboxylic acids is 1. The van der Waals surface area contributed by atoms with E-state index in [1.165, 1.54) is 0 Å². The Morgan fingerprint density at radius 1 is 1.50 bits per heavy atom. The lowest BCUT2D eigenvalue weighted by molar-refractivity contribution is -0.130. The molecule has 0 radical (unpaired) electrons. The van der Waals surface area contributed by atoms with E-state index in [1.54, 1.807) is 0 Å². The molecule has 1 saturated heterocycles. The molecule has 1 heterocycles. The van der Waals surface area contributed by atoms with E-state index in [2.05, 4.69) is 30.3 Å². The molecule has 0 aromatic heterocycles. The van der Waals surface area contributed by atoms with Crippen LogP contribution in [0.1, 0.15) is 40.0 Å². The van der Waals surface area contributed by atoms with Gasteiger partial charge in [0.1, 0.15) is 5.41 Å². The van der Waals surface area contributed by atoms with Gasteiger partial charge in [0.15, 0.2) is 0 Å². The first kappa shape index (κ1) is 15.0. The molecule has 0 bridgehead atoms. The molecule has 0 aromatic carbocycles. The minimum atomic E-state index is -0.844. The van der Waals surface area contributed by atoms with Gasteiger partial charge in [0.2, 0.25) is 5.91 Å². The fourth-order valence-corrected chi connectivity index (χ4v) is 2.66. The first-order valence-corrected chi connectivity index (χ1v) is 6.89. The fraction of sp³-hybridized carbons (Fsp3) is 0.857. The fourth-order valence-electron chi connectivity index (χ4n) is 2.66. The standard InChI is InChI=1S/C14H25N3O/c1-5-14(6-2,10-15)13(18)16-12-7-8-17(4)9-11(12)3/h11-12H,5-9H2,1-4H3,(H,16,18). The summed E-state index contributed by atoms with van der Waals surface area (Å²) < 4.78 is 0. The molecule has 2 unspecified atom stereocenters. The van der Waals surface area contributed by atoms with Crippen LogP contribution in [-0.4, -0.2) is 37.0 Å². The summed E-state index contributed by atoms with van der Waals surface area (Å²) >= 11 is 0. The third-order valence-electron chi connectivity index (χ3n) is 4.28. The van der Waals surface area contributed by atoms with Crippen LogP contribution in [0.3, 0.4) is 0 Å². The molecule has 18 heavy (non-hydrogen) atoms. The molecule has 2 atom stereocenters. The number of nitriles is 1. The van der Waals surface area contributed by atoms with Crippen molar-refractivity contribution in [2.45, 2.75) is 46.1 Å². The molecule has 4 heteroatoms. The van der Waals surface area contributed by atoms with Gasteiger partial charge >= 0.3 is 0 Å². The summed E-state index contributed by atoms with van der Waals surface area (Å²) in [6, 6.07) is 2.41. The summed E-state index contributed by atoms with van der Waals surface area (Å²) in [6.45, 7) is 7.98. The quantitative estimate of drug-likeness (QED) is 0.828. The van der Waals surface area contributed by atoms with Crippen molar-refractivity contribution in [2.75, 3.05) is 20.1 Å². The van der Waals surface area contributed by atoms with Crippen molar-refractivity contribution in [3.8, 4) is 6.07 Å². The van der Waals surface area contributed by atoms with E-state index in [0.717, 1.165) is 19.5 Å². The SMILES string of the molecule is CCC(C#N)(CC)C(=O)NC1CCN(C)CC1C. The first-order chi connectivity index (χ1) is 8.49. The van der Waals surface area contributed by atoms with Gasteiger partial charge in [-0.15, -0.1) is 0 Å². The zero-order chi connectivity index (χ0) is 13.8. The number of hydrogen-bond donors (Lipinski definition) is 1. The van der Waals surface area contributed by atoms with Crippen LogP contribution in [0.5, 0.6) is 0 Å².